The highest BCUT2D eigenvalue weighted by Gasteiger charge is 2.68. The molecule has 3 heteroatoms. The standard InChI is InChI=1S/C21H32O3/c1-13-14-6-7-16-19(2)9-5-10-20(3,18(23)24-4)15(19)8-11-21(16,12-14)17(13)22/h13-16H,5-12H2,1-4H3/t13-,14+,15+,16+,19-,20-,21?/m1/s1. The Hall–Kier alpha value is -0.860. The van der Waals surface area contributed by atoms with Crippen molar-refractivity contribution in [3.63, 3.8) is 0 Å². The van der Waals surface area contributed by atoms with Crippen LogP contribution in [0.2, 0.25) is 0 Å². The van der Waals surface area contributed by atoms with Crippen LogP contribution in [0.25, 0.3) is 0 Å². The number of methoxy groups -OCH3 is 1. The molecule has 0 aromatic heterocycles. The molecule has 2 bridgehead atoms. The van der Waals surface area contributed by atoms with E-state index in [0.29, 0.717) is 23.5 Å². The molecule has 0 aromatic carbocycles. The quantitative estimate of drug-likeness (QED) is 0.669. The first kappa shape index (κ1) is 16.6. The number of fused-ring (bicyclic) bond motifs is 3. The van der Waals surface area contributed by atoms with Crippen LogP contribution >= 0.6 is 0 Å². The predicted octanol–water partition coefficient (Wildman–Crippen LogP) is 4.39. The van der Waals surface area contributed by atoms with E-state index >= 15 is 0 Å². The molecule has 0 aliphatic heterocycles. The van der Waals surface area contributed by atoms with E-state index in [2.05, 4.69) is 20.8 Å². The molecule has 3 nitrogen and oxygen atoms in total. The second kappa shape index (κ2) is 5.08. The normalized spacial score (nSPS) is 53.2. The SMILES string of the molecule is COC(=O)[C@]1(C)CCC[C@@]2(C)[C@@H]3CC[C@H]4CC3(CC[C@@H]21)C(=O)[C@@H]4C. The van der Waals surface area contributed by atoms with E-state index in [1.165, 1.54) is 26.4 Å². The van der Waals surface area contributed by atoms with Gasteiger partial charge >= 0.3 is 5.97 Å². The van der Waals surface area contributed by atoms with Crippen molar-refractivity contribution in [3.8, 4) is 0 Å². The molecule has 4 aliphatic rings. The first-order valence-corrected chi connectivity index (χ1v) is 9.92. The second-order valence-electron chi connectivity index (χ2n) is 9.76. The summed E-state index contributed by atoms with van der Waals surface area (Å²) in [5.74, 6) is 2.23. The third kappa shape index (κ3) is 1.79. The maximum absolute atomic E-state index is 13.2. The fourth-order valence-electron chi connectivity index (χ4n) is 7.95. The maximum atomic E-state index is 13.2. The van der Waals surface area contributed by atoms with Crippen LogP contribution in [-0.4, -0.2) is 18.9 Å². The Balaban J connectivity index is 1.76. The number of ketones is 1. The van der Waals surface area contributed by atoms with E-state index < -0.39 is 0 Å². The summed E-state index contributed by atoms with van der Waals surface area (Å²) in [7, 11) is 1.53. The predicted molar refractivity (Wildman–Crippen MR) is 92.2 cm³/mol. The molecule has 0 radical (unpaired) electrons. The van der Waals surface area contributed by atoms with Gasteiger partial charge in [-0.1, -0.05) is 20.3 Å². The lowest BCUT2D eigenvalue weighted by Crippen LogP contribution is -2.59. The van der Waals surface area contributed by atoms with Crippen LogP contribution in [-0.2, 0) is 14.3 Å². The highest BCUT2D eigenvalue weighted by Crippen LogP contribution is 2.71. The summed E-state index contributed by atoms with van der Waals surface area (Å²) >= 11 is 0. The smallest absolute Gasteiger partial charge is 0.311 e. The molecule has 0 aromatic rings. The molecular weight excluding hydrogens is 300 g/mol. The Labute approximate surface area is 145 Å². The molecule has 7 atom stereocenters. The van der Waals surface area contributed by atoms with Crippen molar-refractivity contribution in [2.75, 3.05) is 7.11 Å². The highest BCUT2D eigenvalue weighted by atomic mass is 16.5. The highest BCUT2D eigenvalue weighted by molar-refractivity contribution is 5.90. The maximum Gasteiger partial charge on any atom is 0.311 e. The van der Waals surface area contributed by atoms with Crippen LogP contribution < -0.4 is 0 Å². The molecule has 24 heavy (non-hydrogen) atoms. The fourth-order valence-corrected chi connectivity index (χ4v) is 7.95. The van der Waals surface area contributed by atoms with Crippen molar-refractivity contribution in [1.82, 2.24) is 0 Å². The third-order valence-electron chi connectivity index (χ3n) is 9.03. The largest absolute Gasteiger partial charge is 0.469 e. The summed E-state index contributed by atoms with van der Waals surface area (Å²) in [4.78, 5) is 25.9. The van der Waals surface area contributed by atoms with Crippen LogP contribution in [0.4, 0.5) is 0 Å². The molecule has 0 heterocycles. The molecular formula is C21H32O3. The minimum atomic E-state index is -0.368. The van der Waals surface area contributed by atoms with Gasteiger partial charge in [-0.05, 0) is 75.0 Å². The molecule has 4 saturated carbocycles. The second-order valence-corrected chi connectivity index (χ2v) is 9.76. The number of carbonyl (C=O) groups excluding carboxylic acids is 2. The number of hydrogen-bond acceptors (Lipinski definition) is 3. The van der Waals surface area contributed by atoms with Gasteiger partial charge < -0.3 is 4.74 Å². The van der Waals surface area contributed by atoms with Gasteiger partial charge in [0.25, 0.3) is 0 Å². The van der Waals surface area contributed by atoms with Crippen molar-refractivity contribution in [1.29, 1.82) is 0 Å². The molecule has 0 amide bonds. The van der Waals surface area contributed by atoms with Crippen LogP contribution in [0.1, 0.15) is 72.1 Å². The number of carbonyl (C=O) groups is 2. The molecule has 1 spiro atoms. The molecule has 4 fully saturated rings. The molecule has 4 rings (SSSR count). The van der Waals surface area contributed by atoms with Crippen molar-refractivity contribution in [2.45, 2.75) is 72.1 Å². The topological polar surface area (TPSA) is 43.4 Å². The monoisotopic (exact) mass is 332 g/mol. The van der Waals surface area contributed by atoms with Crippen molar-refractivity contribution in [2.24, 2.45) is 39.9 Å². The van der Waals surface area contributed by atoms with E-state index in [-0.39, 0.29) is 28.1 Å². The van der Waals surface area contributed by atoms with Crippen molar-refractivity contribution < 1.29 is 14.3 Å². The zero-order valence-electron chi connectivity index (χ0n) is 15.7. The van der Waals surface area contributed by atoms with E-state index in [1.54, 1.807) is 0 Å². The summed E-state index contributed by atoms with van der Waals surface area (Å²) < 4.78 is 5.21. The van der Waals surface area contributed by atoms with Crippen molar-refractivity contribution in [3.05, 3.63) is 0 Å². The first-order chi connectivity index (χ1) is 11.3. The lowest BCUT2D eigenvalue weighted by molar-refractivity contribution is -0.185. The van der Waals surface area contributed by atoms with Crippen molar-refractivity contribution >= 4 is 11.8 Å². The van der Waals surface area contributed by atoms with Crippen LogP contribution in [0.5, 0.6) is 0 Å². The average Bonchev–Trinajstić information content (AvgIpc) is 2.74. The van der Waals surface area contributed by atoms with E-state index in [9.17, 15) is 9.59 Å². The molecule has 1 unspecified atom stereocenters. The van der Waals surface area contributed by atoms with E-state index in [4.69, 9.17) is 4.74 Å². The fraction of sp³-hybridized carbons (Fsp3) is 0.905. The summed E-state index contributed by atoms with van der Waals surface area (Å²) in [5, 5.41) is 0. The van der Waals surface area contributed by atoms with Gasteiger partial charge in [0.1, 0.15) is 5.78 Å². The molecule has 0 N–H and O–H groups in total. The number of esters is 1. The molecule has 4 aliphatic carbocycles. The lowest BCUT2D eigenvalue weighted by atomic mass is 9.41. The van der Waals surface area contributed by atoms with Gasteiger partial charge in [0.2, 0.25) is 0 Å². The summed E-state index contributed by atoms with van der Waals surface area (Å²) in [6.07, 6.45) is 8.72. The zero-order chi connectivity index (χ0) is 17.3. The van der Waals surface area contributed by atoms with Gasteiger partial charge in [-0.2, -0.15) is 0 Å². The zero-order valence-corrected chi connectivity index (χ0v) is 15.7. The van der Waals surface area contributed by atoms with Gasteiger partial charge in [-0.15, -0.1) is 0 Å². The van der Waals surface area contributed by atoms with Gasteiger partial charge in [-0.3, -0.25) is 9.59 Å². The summed E-state index contributed by atoms with van der Waals surface area (Å²) in [6.45, 7) is 6.70. The lowest BCUT2D eigenvalue weighted by Gasteiger charge is -2.62. The third-order valence-corrected chi connectivity index (χ3v) is 9.03. The van der Waals surface area contributed by atoms with Gasteiger partial charge in [0.05, 0.1) is 12.5 Å². The Morgan fingerprint density at radius 2 is 1.83 bits per heavy atom. The number of rotatable bonds is 1. The van der Waals surface area contributed by atoms with Gasteiger partial charge in [0.15, 0.2) is 0 Å². The number of hydrogen-bond donors (Lipinski definition) is 0. The minimum absolute atomic E-state index is 0.0332. The molecule has 0 saturated heterocycles. The minimum Gasteiger partial charge on any atom is -0.469 e. The Morgan fingerprint density at radius 3 is 2.54 bits per heavy atom. The van der Waals surface area contributed by atoms with E-state index in [0.717, 1.165) is 32.1 Å². The van der Waals surface area contributed by atoms with Gasteiger partial charge in [0, 0.05) is 11.3 Å². The van der Waals surface area contributed by atoms with Crippen LogP contribution in [0.3, 0.4) is 0 Å². The summed E-state index contributed by atoms with van der Waals surface area (Å²) in [6, 6.07) is 0. The summed E-state index contributed by atoms with van der Waals surface area (Å²) in [5.41, 5.74) is -0.320. The Kier molecular flexibility index (Phi) is 3.51. The van der Waals surface area contributed by atoms with E-state index in [1.807, 2.05) is 0 Å². The first-order valence-electron chi connectivity index (χ1n) is 9.92. The Bertz CT molecular complexity index is 584. The van der Waals surface area contributed by atoms with Crippen LogP contribution in [0, 0.1) is 39.9 Å². The van der Waals surface area contributed by atoms with Crippen LogP contribution in [0.15, 0.2) is 0 Å². The number of Topliss-reactive ketones (excluding diaryl/α,β-unsaturated/α-hetero) is 1. The average molecular weight is 332 g/mol. The molecule has 134 valence electrons. The Morgan fingerprint density at radius 1 is 1.08 bits per heavy atom. The number of ether oxygens (including phenoxy) is 1. The van der Waals surface area contributed by atoms with Gasteiger partial charge in [-0.25, -0.2) is 0 Å².